The van der Waals surface area contributed by atoms with Gasteiger partial charge >= 0.3 is 0 Å². The fraction of sp³-hybridized carbons (Fsp3) is 0.500. The molecule has 0 fully saturated rings. The zero-order valence-electron chi connectivity index (χ0n) is 2.31. The maximum Gasteiger partial charge on any atom is 0.0622 e. The highest BCUT2D eigenvalue weighted by Gasteiger charge is 1.48. The van der Waals surface area contributed by atoms with Gasteiger partial charge in [-0.25, -0.2) is 0 Å². The van der Waals surface area contributed by atoms with E-state index in [9.17, 15) is 0 Å². The van der Waals surface area contributed by atoms with E-state index in [4.69, 9.17) is 5.53 Å². The molecule has 2 radical (unpaired) electrons. The zero-order chi connectivity index (χ0) is 3.41. The largest absolute Gasteiger partial charge is 0.167 e. The van der Waals surface area contributed by atoms with Crippen LogP contribution in [0.3, 0.4) is 0 Å². The predicted octanol–water partition coefficient (Wildman–Crippen LogP) is 0.0728. The second-order valence-corrected chi connectivity index (χ2v) is 0.365. The molecule has 22 valence electrons. The fourth-order valence-corrected chi connectivity index (χ4v) is 0. The van der Waals surface area contributed by atoms with Crippen LogP contribution in [0.1, 0.15) is 0 Å². The van der Waals surface area contributed by atoms with Gasteiger partial charge in [0, 0.05) is 0 Å². The molecule has 0 N–H and O–H groups in total. The van der Waals surface area contributed by atoms with Crippen LogP contribution in [0.15, 0.2) is 5.11 Å². The van der Waals surface area contributed by atoms with Crippen LogP contribution in [0.5, 0.6) is 0 Å². The van der Waals surface area contributed by atoms with Crippen molar-refractivity contribution in [3.05, 3.63) is 6.92 Å². The van der Waals surface area contributed by atoms with Gasteiger partial charge in [-0.2, -0.15) is 5.11 Å². The van der Waals surface area contributed by atoms with Gasteiger partial charge in [0.15, 0.2) is 0 Å². The van der Waals surface area contributed by atoms with E-state index in [1.165, 1.54) is 0 Å². The smallest absolute Gasteiger partial charge is 0.0622 e. The van der Waals surface area contributed by atoms with E-state index in [1.54, 1.807) is 0 Å². The van der Waals surface area contributed by atoms with Crippen LogP contribution < -0.4 is 5.53 Å². The molecule has 0 aromatic carbocycles. The normalized spacial score (nSPS) is 6.25. The van der Waals surface area contributed by atoms with Gasteiger partial charge in [-0.15, -0.1) is 0 Å². The third kappa shape index (κ3) is 1.60. The number of hydrogen-bond acceptors (Lipinski definition) is 1. The third-order valence-corrected chi connectivity index (χ3v) is 0.1000. The molecule has 0 aromatic rings. The summed E-state index contributed by atoms with van der Waals surface area (Å²) in [5, 5.41) is 2.62. The summed E-state index contributed by atoms with van der Waals surface area (Å²) in [5.41, 5.74) is 7.44. The fourth-order valence-electron chi connectivity index (χ4n) is 0. The van der Waals surface area contributed by atoms with Crippen LogP contribution in [0.25, 0.3) is 0 Å². The summed E-state index contributed by atoms with van der Waals surface area (Å²) in [4.78, 5) is 0. The van der Waals surface area contributed by atoms with Crippen LogP contribution in [0, 0.1) is 6.92 Å². The maximum absolute atomic E-state index is 7.44. The molecule has 2 nitrogen and oxygen atoms in total. The van der Waals surface area contributed by atoms with E-state index in [0.29, 0.717) is 0 Å². The minimum absolute atomic E-state index is 0.250. The summed E-state index contributed by atoms with van der Waals surface area (Å²) in [6, 6.07) is 0. The van der Waals surface area contributed by atoms with E-state index in [-0.39, 0.29) is 6.54 Å². The van der Waals surface area contributed by atoms with Gasteiger partial charge in [0.1, 0.15) is 0 Å². The number of nitrogens with zero attached hydrogens (tertiary/aromatic N) is 2. The average molecular weight is 56.1 g/mol. The molecular weight excluding hydrogens is 52.0 g/mol. The molecule has 0 saturated heterocycles. The molecule has 0 aromatic heterocycles. The van der Waals surface area contributed by atoms with Crippen LogP contribution in [-0.4, -0.2) is 6.54 Å². The van der Waals surface area contributed by atoms with Gasteiger partial charge in [-0.1, -0.05) is 0 Å². The average Bonchev–Trinajstić information content (AvgIpc) is 1.37. The lowest BCUT2D eigenvalue weighted by atomic mass is 10.8. The molecule has 0 aliphatic carbocycles. The van der Waals surface area contributed by atoms with Gasteiger partial charge in [0.2, 0.25) is 0 Å². The van der Waals surface area contributed by atoms with Gasteiger partial charge in [-0.05, 0) is 12.5 Å². The highest BCUT2D eigenvalue weighted by molar-refractivity contribution is 4.30. The second kappa shape index (κ2) is 2.60. The number of rotatable bonds is 1. The summed E-state index contributed by atoms with van der Waals surface area (Å²) < 4.78 is 0. The first-order chi connectivity index (χ1) is 1.91. The van der Waals surface area contributed by atoms with Crippen molar-refractivity contribution in [2.75, 3.05) is 6.54 Å². The third-order valence-electron chi connectivity index (χ3n) is 0.1000. The van der Waals surface area contributed by atoms with Crippen LogP contribution in [0.2, 0.25) is 0 Å². The minimum Gasteiger partial charge on any atom is -0.167 e. The summed E-state index contributed by atoms with van der Waals surface area (Å²) in [5.74, 6) is 0. The van der Waals surface area contributed by atoms with Crippen LogP contribution in [0.4, 0.5) is 0 Å². The summed E-state index contributed by atoms with van der Waals surface area (Å²) in [6.45, 7) is 3.44. The molecular formula is C2H4N2. The van der Waals surface area contributed by atoms with Gasteiger partial charge in [0.25, 0.3) is 0 Å². The molecule has 0 amide bonds. The summed E-state index contributed by atoms with van der Waals surface area (Å²) >= 11 is 0. The van der Waals surface area contributed by atoms with Gasteiger partial charge < -0.3 is 0 Å². The molecule has 0 heterocycles. The first-order valence-corrected chi connectivity index (χ1v) is 1.02. The lowest BCUT2D eigenvalue weighted by Gasteiger charge is -1.55. The van der Waals surface area contributed by atoms with Crippen molar-refractivity contribution in [3.63, 3.8) is 0 Å². The standard InChI is InChI=1S/C2H4N2/c1-2-4-3/h1-2H2. The first-order valence-electron chi connectivity index (χ1n) is 1.02. The molecule has 0 bridgehead atoms. The lowest BCUT2D eigenvalue weighted by molar-refractivity contribution is 1.10. The van der Waals surface area contributed by atoms with Gasteiger partial charge in [-0.3, -0.25) is 0 Å². The van der Waals surface area contributed by atoms with Crippen molar-refractivity contribution >= 4 is 0 Å². The van der Waals surface area contributed by atoms with Crippen LogP contribution in [-0.2, 0) is 0 Å². The highest BCUT2D eigenvalue weighted by Crippen LogP contribution is 1.48. The summed E-state index contributed by atoms with van der Waals surface area (Å²) in [6.07, 6.45) is 0. The first kappa shape index (κ1) is 3.60. The Labute approximate surface area is 25.3 Å². The molecule has 0 rings (SSSR count). The van der Waals surface area contributed by atoms with E-state index < -0.39 is 0 Å². The monoisotopic (exact) mass is 56.0 g/mol. The quantitative estimate of drug-likeness (QED) is 0.381. The molecule has 0 unspecified atom stereocenters. The molecule has 2 heteroatoms. The van der Waals surface area contributed by atoms with Crippen molar-refractivity contribution in [3.8, 4) is 0 Å². The molecule has 0 spiro atoms. The topological polar surface area (TPSA) is 34.7 Å². The highest BCUT2D eigenvalue weighted by atomic mass is 14.9. The van der Waals surface area contributed by atoms with Crippen molar-refractivity contribution < 1.29 is 0 Å². The van der Waals surface area contributed by atoms with Crippen molar-refractivity contribution in [1.82, 2.24) is 5.53 Å². The predicted molar refractivity (Wildman–Crippen MR) is 14.8 cm³/mol. The lowest BCUT2D eigenvalue weighted by Crippen LogP contribution is -1.57. The van der Waals surface area contributed by atoms with E-state index in [0.717, 1.165) is 0 Å². The van der Waals surface area contributed by atoms with Crippen molar-refractivity contribution in [2.45, 2.75) is 0 Å². The Bertz CT molecular complexity index is 18.0. The Hall–Kier alpha value is -0.400. The summed E-state index contributed by atoms with van der Waals surface area (Å²) in [7, 11) is 0. The Morgan fingerprint density at radius 2 is 2.25 bits per heavy atom. The molecule has 4 heavy (non-hydrogen) atoms. The van der Waals surface area contributed by atoms with Crippen molar-refractivity contribution in [1.29, 1.82) is 0 Å². The van der Waals surface area contributed by atoms with Gasteiger partial charge in [0.05, 0.1) is 6.54 Å². The van der Waals surface area contributed by atoms with Crippen LogP contribution >= 0.6 is 0 Å². The van der Waals surface area contributed by atoms with E-state index >= 15 is 0 Å². The zero-order valence-corrected chi connectivity index (χ0v) is 2.31. The Kier molecular flexibility index (Phi) is 2.34. The molecule has 0 saturated carbocycles. The Balaban J connectivity index is 2.30. The Morgan fingerprint density at radius 1 is 2.00 bits per heavy atom. The SMILES string of the molecule is [CH2]CN=[N]. The second-order valence-electron chi connectivity index (χ2n) is 0.365. The van der Waals surface area contributed by atoms with Crippen molar-refractivity contribution in [2.24, 2.45) is 5.11 Å². The van der Waals surface area contributed by atoms with E-state index in [2.05, 4.69) is 12.0 Å². The van der Waals surface area contributed by atoms with E-state index in [1.807, 2.05) is 0 Å². The molecule has 0 aliphatic rings. The minimum atomic E-state index is 0.250. The number of hydrogen-bond donors (Lipinski definition) is 0. The Morgan fingerprint density at radius 3 is 2.25 bits per heavy atom. The molecule has 0 aliphatic heterocycles. The maximum atomic E-state index is 7.44. The molecule has 0 atom stereocenters.